The lowest BCUT2D eigenvalue weighted by Gasteiger charge is -2.38. The molecule has 3 heteroatoms. The average Bonchev–Trinajstić information content (AvgIpc) is 2.37. The lowest BCUT2D eigenvalue weighted by molar-refractivity contribution is -0.245. The van der Waals surface area contributed by atoms with E-state index in [2.05, 4.69) is 5.32 Å². The molecular formula is C13H21NO2. The van der Waals surface area contributed by atoms with Crippen LogP contribution < -0.4 is 5.32 Å². The minimum atomic E-state index is -1.18. The van der Waals surface area contributed by atoms with Gasteiger partial charge in [0.1, 0.15) is 0 Å². The van der Waals surface area contributed by atoms with E-state index in [4.69, 9.17) is 4.74 Å². The van der Waals surface area contributed by atoms with Crippen molar-refractivity contribution < 1.29 is 9.84 Å². The van der Waals surface area contributed by atoms with E-state index in [9.17, 15) is 5.11 Å². The monoisotopic (exact) mass is 223 g/mol. The third kappa shape index (κ3) is 2.61. The van der Waals surface area contributed by atoms with Crippen molar-refractivity contribution in [2.75, 3.05) is 13.2 Å². The van der Waals surface area contributed by atoms with Gasteiger partial charge in [0.2, 0.25) is 5.79 Å². The Kier molecular flexibility index (Phi) is 4.93. The summed E-state index contributed by atoms with van der Waals surface area (Å²) in [6.07, 6.45) is 0. The number of morpholine rings is 1. The topological polar surface area (TPSA) is 41.5 Å². The maximum Gasteiger partial charge on any atom is 0.208 e. The summed E-state index contributed by atoms with van der Waals surface area (Å²) in [6, 6.07) is 9.40. The van der Waals surface area contributed by atoms with Crippen LogP contribution >= 0.6 is 0 Å². The molecule has 2 rings (SSSR count). The lowest BCUT2D eigenvalue weighted by Crippen LogP contribution is -2.54. The standard InChI is InChI=1S/C11H15NO2.C2H6/c1-9-11(13,14-8-7-12-9)10-5-3-2-4-6-10;1-2/h2-6,9,12-13H,7-8H2,1H3;1-2H3. The van der Waals surface area contributed by atoms with E-state index < -0.39 is 5.79 Å². The first-order valence-corrected chi connectivity index (χ1v) is 5.89. The summed E-state index contributed by atoms with van der Waals surface area (Å²) in [4.78, 5) is 0. The minimum Gasteiger partial charge on any atom is -0.361 e. The molecule has 2 N–H and O–H groups in total. The van der Waals surface area contributed by atoms with Gasteiger partial charge in [-0.25, -0.2) is 0 Å². The Labute approximate surface area is 97.4 Å². The van der Waals surface area contributed by atoms with Crippen molar-refractivity contribution in [1.82, 2.24) is 5.32 Å². The van der Waals surface area contributed by atoms with Crippen LogP contribution in [0.1, 0.15) is 26.3 Å². The maximum atomic E-state index is 10.3. The number of benzene rings is 1. The van der Waals surface area contributed by atoms with E-state index in [1.807, 2.05) is 51.1 Å². The van der Waals surface area contributed by atoms with Crippen molar-refractivity contribution >= 4 is 0 Å². The zero-order valence-corrected chi connectivity index (χ0v) is 10.2. The zero-order chi connectivity index (χ0) is 12.0. The molecule has 1 fully saturated rings. The van der Waals surface area contributed by atoms with Crippen molar-refractivity contribution in [2.45, 2.75) is 32.6 Å². The Morgan fingerprint density at radius 2 is 1.94 bits per heavy atom. The molecule has 2 unspecified atom stereocenters. The highest BCUT2D eigenvalue weighted by molar-refractivity contribution is 5.22. The van der Waals surface area contributed by atoms with Gasteiger partial charge in [-0.1, -0.05) is 44.2 Å². The van der Waals surface area contributed by atoms with E-state index in [1.165, 1.54) is 0 Å². The van der Waals surface area contributed by atoms with Crippen molar-refractivity contribution in [3.05, 3.63) is 35.9 Å². The highest BCUT2D eigenvalue weighted by Gasteiger charge is 2.38. The highest BCUT2D eigenvalue weighted by atomic mass is 16.6. The Morgan fingerprint density at radius 3 is 2.50 bits per heavy atom. The Morgan fingerprint density at radius 1 is 1.31 bits per heavy atom. The molecule has 0 aromatic heterocycles. The zero-order valence-electron chi connectivity index (χ0n) is 10.2. The van der Waals surface area contributed by atoms with Crippen LogP contribution in [0, 0.1) is 0 Å². The molecule has 1 aliphatic rings. The summed E-state index contributed by atoms with van der Waals surface area (Å²) in [5, 5.41) is 13.5. The molecule has 1 aromatic rings. The third-order valence-electron chi connectivity index (χ3n) is 2.65. The van der Waals surface area contributed by atoms with Gasteiger partial charge < -0.3 is 15.2 Å². The van der Waals surface area contributed by atoms with Gasteiger partial charge >= 0.3 is 0 Å². The van der Waals surface area contributed by atoms with Crippen LogP contribution in [0.25, 0.3) is 0 Å². The Hall–Kier alpha value is -0.900. The molecule has 2 atom stereocenters. The summed E-state index contributed by atoms with van der Waals surface area (Å²) in [6.45, 7) is 7.25. The largest absolute Gasteiger partial charge is 0.361 e. The van der Waals surface area contributed by atoms with Gasteiger partial charge in [0.05, 0.1) is 12.6 Å². The van der Waals surface area contributed by atoms with Crippen LogP contribution in [0.15, 0.2) is 30.3 Å². The molecule has 1 aliphatic heterocycles. The average molecular weight is 223 g/mol. The number of rotatable bonds is 1. The number of aliphatic hydroxyl groups is 1. The predicted molar refractivity (Wildman–Crippen MR) is 65.1 cm³/mol. The number of hydrogen-bond acceptors (Lipinski definition) is 3. The smallest absolute Gasteiger partial charge is 0.208 e. The number of ether oxygens (including phenoxy) is 1. The molecule has 1 aromatic carbocycles. The minimum absolute atomic E-state index is 0.0846. The summed E-state index contributed by atoms with van der Waals surface area (Å²) >= 11 is 0. The van der Waals surface area contributed by atoms with E-state index in [1.54, 1.807) is 0 Å². The van der Waals surface area contributed by atoms with Crippen molar-refractivity contribution in [3.8, 4) is 0 Å². The molecule has 90 valence electrons. The predicted octanol–water partition coefficient (Wildman–Crippen LogP) is 1.87. The third-order valence-corrected chi connectivity index (χ3v) is 2.65. The van der Waals surface area contributed by atoms with Gasteiger partial charge in [-0.2, -0.15) is 0 Å². The molecule has 16 heavy (non-hydrogen) atoms. The van der Waals surface area contributed by atoms with Crippen LogP contribution in [0.3, 0.4) is 0 Å². The van der Waals surface area contributed by atoms with Crippen LogP contribution in [-0.2, 0) is 10.5 Å². The fourth-order valence-corrected chi connectivity index (χ4v) is 1.76. The van der Waals surface area contributed by atoms with Gasteiger partial charge in [-0.15, -0.1) is 0 Å². The second-order valence-corrected chi connectivity index (χ2v) is 3.59. The molecule has 0 amide bonds. The number of nitrogens with one attached hydrogen (secondary N) is 1. The first-order valence-electron chi connectivity index (χ1n) is 5.89. The van der Waals surface area contributed by atoms with E-state index in [0.29, 0.717) is 6.61 Å². The van der Waals surface area contributed by atoms with E-state index >= 15 is 0 Å². The normalized spacial score (nSPS) is 29.1. The fraction of sp³-hybridized carbons (Fsp3) is 0.538. The number of hydrogen-bond donors (Lipinski definition) is 2. The molecule has 0 bridgehead atoms. The van der Waals surface area contributed by atoms with Crippen LogP contribution in [0.5, 0.6) is 0 Å². The summed E-state index contributed by atoms with van der Waals surface area (Å²) < 4.78 is 5.46. The maximum absolute atomic E-state index is 10.3. The van der Waals surface area contributed by atoms with Crippen LogP contribution in [-0.4, -0.2) is 24.3 Å². The first-order chi connectivity index (χ1) is 7.73. The van der Waals surface area contributed by atoms with Crippen LogP contribution in [0.2, 0.25) is 0 Å². The van der Waals surface area contributed by atoms with Gasteiger partial charge in [-0.3, -0.25) is 0 Å². The summed E-state index contributed by atoms with van der Waals surface area (Å²) in [5.74, 6) is -1.18. The van der Waals surface area contributed by atoms with Gasteiger partial charge in [-0.05, 0) is 6.92 Å². The molecule has 0 aliphatic carbocycles. The molecule has 0 saturated carbocycles. The summed E-state index contributed by atoms with van der Waals surface area (Å²) in [5.41, 5.74) is 0.805. The fourth-order valence-electron chi connectivity index (χ4n) is 1.76. The second-order valence-electron chi connectivity index (χ2n) is 3.59. The molecule has 0 spiro atoms. The molecule has 0 radical (unpaired) electrons. The lowest BCUT2D eigenvalue weighted by atomic mass is 9.98. The van der Waals surface area contributed by atoms with Crippen LogP contribution in [0.4, 0.5) is 0 Å². The van der Waals surface area contributed by atoms with E-state index in [0.717, 1.165) is 12.1 Å². The van der Waals surface area contributed by atoms with Gasteiger partial charge in [0.25, 0.3) is 0 Å². The first kappa shape index (κ1) is 13.2. The van der Waals surface area contributed by atoms with Crippen molar-refractivity contribution in [1.29, 1.82) is 0 Å². The van der Waals surface area contributed by atoms with Gasteiger partial charge in [0.15, 0.2) is 0 Å². The quantitative estimate of drug-likeness (QED) is 0.763. The van der Waals surface area contributed by atoms with Crippen molar-refractivity contribution in [2.24, 2.45) is 0 Å². The molecule has 1 heterocycles. The van der Waals surface area contributed by atoms with E-state index in [-0.39, 0.29) is 6.04 Å². The molecule has 3 nitrogen and oxygen atoms in total. The highest BCUT2D eigenvalue weighted by Crippen LogP contribution is 2.28. The second kappa shape index (κ2) is 5.99. The van der Waals surface area contributed by atoms with Gasteiger partial charge in [0, 0.05) is 12.1 Å². The Bertz CT molecular complexity index is 302. The molecular weight excluding hydrogens is 202 g/mol. The summed E-state index contributed by atoms with van der Waals surface area (Å²) in [7, 11) is 0. The molecule has 1 saturated heterocycles. The SMILES string of the molecule is CC.CC1NCCOC1(O)c1ccccc1. The Balaban J connectivity index is 0.000000606. The van der Waals surface area contributed by atoms with Crippen molar-refractivity contribution in [3.63, 3.8) is 0 Å².